The summed E-state index contributed by atoms with van der Waals surface area (Å²) in [5.41, 5.74) is 6.66. The summed E-state index contributed by atoms with van der Waals surface area (Å²) in [5.74, 6) is 0.962. The maximum absolute atomic E-state index is 5.47. The molecule has 0 saturated heterocycles. The van der Waals surface area contributed by atoms with Crippen molar-refractivity contribution >= 4 is 11.9 Å². The number of nitrogen functional groups attached to an aromatic ring is 1. The van der Waals surface area contributed by atoms with Crippen LogP contribution in [0.15, 0.2) is 30.3 Å². The van der Waals surface area contributed by atoms with E-state index in [9.17, 15) is 0 Å². The van der Waals surface area contributed by atoms with Crippen molar-refractivity contribution in [2.24, 2.45) is 7.05 Å². The second kappa shape index (κ2) is 4.00. The van der Waals surface area contributed by atoms with E-state index in [1.54, 1.807) is 11.7 Å². The number of aromatic nitrogens is 3. The molecule has 15 heavy (non-hydrogen) atoms. The van der Waals surface area contributed by atoms with E-state index in [2.05, 4.69) is 15.4 Å². The molecule has 1 aromatic heterocycles. The zero-order chi connectivity index (χ0) is 10.7. The maximum Gasteiger partial charge on any atom is 0.241 e. The normalized spacial score (nSPS) is 10.2. The highest BCUT2D eigenvalue weighted by Gasteiger charge is 2.02. The van der Waals surface area contributed by atoms with Crippen LogP contribution in [0.2, 0.25) is 0 Å². The first-order valence-electron chi connectivity index (χ1n) is 4.70. The van der Waals surface area contributed by atoms with Gasteiger partial charge in [-0.1, -0.05) is 30.3 Å². The van der Waals surface area contributed by atoms with E-state index in [1.807, 2.05) is 30.3 Å². The lowest BCUT2D eigenvalue weighted by Gasteiger charge is -2.03. The third kappa shape index (κ3) is 2.25. The molecule has 0 fully saturated rings. The van der Waals surface area contributed by atoms with Crippen molar-refractivity contribution in [1.29, 1.82) is 0 Å². The number of nitrogens with two attached hydrogens (primary N) is 1. The Hall–Kier alpha value is -2.04. The number of nitrogens with zero attached hydrogens (tertiary/aromatic N) is 3. The van der Waals surface area contributed by atoms with Gasteiger partial charge in [-0.25, -0.2) is 4.68 Å². The van der Waals surface area contributed by atoms with Gasteiger partial charge in [-0.2, -0.15) is 4.98 Å². The lowest BCUT2D eigenvalue weighted by atomic mass is 10.2. The Morgan fingerprint density at radius 1 is 1.33 bits per heavy atom. The molecule has 0 radical (unpaired) electrons. The van der Waals surface area contributed by atoms with Gasteiger partial charge >= 0.3 is 0 Å². The second-order valence-electron chi connectivity index (χ2n) is 3.26. The minimum atomic E-state index is 0.285. The molecule has 0 bridgehead atoms. The summed E-state index contributed by atoms with van der Waals surface area (Å²) in [6.07, 6.45) is 0. The lowest BCUT2D eigenvalue weighted by molar-refractivity contribution is 0.770. The van der Waals surface area contributed by atoms with Crippen LogP contribution in [-0.4, -0.2) is 14.8 Å². The molecule has 0 amide bonds. The summed E-state index contributed by atoms with van der Waals surface area (Å²) in [5, 5.41) is 7.10. The number of aryl methyl sites for hydroxylation is 1. The molecule has 2 rings (SSSR count). The van der Waals surface area contributed by atoms with E-state index >= 15 is 0 Å². The highest BCUT2D eigenvalue weighted by Crippen LogP contribution is 2.06. The van der Waals surface area contributed by atoms with Crippen molar-refractivity contribution in [3.05, 3.63) is 35.9 Å². The van der Waals surface area contributed by atoms with Gasteiger partial charge in [0.15, 0.2) is 0 Å². The Morgan fingerprint density at radius 2 is 2.07 bits per heavy atom. The van der Waals surface area contributed by atoms with E-state index < -0.39 is 0 Å². The molecular formula is C10H13N5. The molecule has 0 aliphatic heterocycles. The first kappa shape index (κ1) is 9.51. The SMILES string of the molecule is Cn1nc(N)nc1NCc1ccccc1. The van der Waals surface area contributed by atoms with Crippen LogP contribution in [0.25, 0.3) is 0 Å². The number of hydrogen-bond acceptors (Lipinski definition) is 4. The third-order valence-electron chi connectivity index (χ3n) is 2.07. The number of nitrogens with one attached hydrogen (secondary N) is 1. The van der Waals surface area contributed by atoms with Gasteiger partial charge in [0, 0.05) is 13.6 Å². The fraction of sp³-hybridized carbons (Fsp3) is 0.200. The van der Waals surface area contributed by atoms with Crippen LogP contribution < -0.4 is 11.1 Å². The molecule has 1 heterocycles. The van der Waals surface area contributed by atoms with E-state index in [1.165, 1.54) is 5.56 Å². The molecule has 3 N–H and O–H groups in total. The maximum atomic E-state index is 5.47. The van der Waals surface area contributed by atoms with Crippen LogP contribution in [0.4, 0.5) is 11.9 Å². The summed E-state index contributed by atoms with van der Waals surface area (Å²) in [6, 6.07) is 10.1. The summed E-state index contributed by atoms with van der Waals surface area (Å²) < 4.78 is 1.62. The smallest absolute Gasteiger partial charge is 0.241 e. The molecule has 5 nitrogen and oxygen atoms in total. The lowest BCUT2D eigenvalue weighted by Crippen LogP contribution is -2.05. The Bertz CT molecular complexity index is 434. The Morgan fingerprint density at radius 3 is 2.67 bits per heavy atom. The Balaban J connectivity index is 2.02. The third-order valence-corrected chi connectivity index (χ3v) is 2.07. The monoisotopic (exact) mass is 203 g/mol. The number of benzene rings is 1. The van der Waals surface area contributed by atoms with Gasteiger partial charge in [-0.3, -0.25) is 0 Å². The first-order valence-corrected chi connectivity index (χ1v) is 4.70. The average Bonchev–Trinajstić information content (AvgIpc) is 2.56. The summed E-state index contributed by atoms with van der Waals surface area (Å²) in [4.78, 5) is 4.04. The predicted octanol–water partition coefficient (Wildman–Crippen LogP) is 1.01. The molecule has 1 aromatic carbocycles. The van der Waals surface area contributed by atoms with Crippen LogP contribution >= 0.6 is 0 Å². The fourth-order valence-electron chi connectivity index (χ4n) is 1.34. The summed E-state index contributed by atoms with van der Waals surface area (Å²) >= 11 is 0. The van der Waals surface area contributed by atoms with Crippen LogP contribution in [0.5, 0.6) is 0 Å². The zero-order valence-electron chi connectivity index (χ0n) is 8.51. The van der Waals surface area contributed by atoms with Gasteiger partial charge in [0.05, 0.1) is 0 Å². The Labute approximate surface area is 87.9 Å². The van der Waals surface area contributed by atoms with Crippen LogP contribution in [-0.2, 0) is 13.6 Å². The van der Waals surface area contributed by atoms with E-state index in [-0.39, 0.29) is 5.95 Å². The average molecular weight is 203 g/mol. The standard InChI is InChI=1S/C10H13N5/c1-15-10(13-9(11)14-15)12-7-8-5-3-2-4-6-8/h2-6H,7H2,1H3,(H3,11,12,13,14). The molecule has 0 spiro atoms. The molecule has 0 saturated carbocycles. The second-order valence-corrected chi connectivity index (χ2v) is 3.26. The van der Waals surface area contributed by atoms with Crippen LogP contribution in [0, 0.1) is 0 Å². The van der Waals surface area contributed by atoms with Crippen molar-refractivity contribution < 1.29 is 0 Å². The van der Waals surface area contributed by atoms with Gasteiger partial charge < -0.3 is 11.1 Å². The molecule has 2 aromatic rings. The van der Waals surface area contributed by atoms with Crippen molar-refractivity contribution in [1.82, 2.24) is 14.8 Å². The molecule has 0 aliphatic carbocycles. The number of rotatable bonds is 3. The van der Waals surface area contributed by atoms with Crippen molar-refractivity contribution in [2.75, 3.05) is 11.1 Å². The zero-order valence-corrected chi connectivity index (χ0v) is 8.51. The van der Waals surface area contributed by atoms with Crippen molar-refractivity contribution in [3.63, 3.8) is 0 Å². The molecule has 0 atom stereocenters. The van der Waals surface area contributed by atoms with E-state index in [0.29, 0.717) is 12.5 Å². The van der Waals surface area contributed by atoms with Gasteiger partial charge in [0.2, 0.25) is 11.9 Å². The number of anilines is 2. The first-order chi connectivity index (χ1) is 7.25. The summed E-state index contributed by atoms with van der Waals surface area (Å²) in [7, 11) is 1.80. The summed E-state index contributed by atoms with van der Waals surface area (Å²) in [6.45, 7) is 0.715. The topological polar surface area (TPSA) is 68.8 Å². The fourth-order valence-corrected chi connectivity index (χ4v) is 1.34. The molecule has 5 heteroatoms. The highest BCUT2D eigenvalue weighted by molar-refractivity contribution is 5.32. The predicted molar refractivity (Wildman–Crippen MR) is 59.2 cm³/mol. The highest BCUT2D eigenvalue weighted by atomic mass is 15.4. The molecule has 0 unspecified atom stereocenters. The molecular weight excluding hydrogens is 190 g/mol. The van der Waals surface area contributed by atoms with Crippen LogP contribution in [0.3, 0.4) is 0 Å². The van der Waals surface area contributed by atoms with Gasteiger partial charge in [0.25, 0.3) is 0 Å². The number of hydrogen-bond donors (Lipinski definition) is 2. The quantitative estimate of drug-likeness (QED) is 0.781. The van der Waals surface area contributed by atoms with Crippen LogP contribution in [0.1, 0.15) is 5.56 Å². The molecule has 78 valence electrons. The van der Waals surface area contributed by atoms with E-state index in [4.69, 9.17) is 5.73 Å². The van der Waals surface area contributed by atoms with Crippen molar-refractivity contribution in [2.45, 2.75) is 6.54 Å². The minimum Gasteiger partial charge on any atom is -0.366 e. The largest absolute Gasteiger partial charge is 0.366 e. The van der Waals surface area contributed by atoms with E-state index in [0.717, 1.165) is 0 Å². The molecule has 0 aliphatic rings. The minimum absolute atomic E-state index is 0.285. The van der Waals surface area contributed by atoms with Crippen molar-refractivity contribution in [3.8, 4) is 0 Å². The van der Waals surface area contributed by atoms with Gasteiger partial charge in [0.1, 0.15) is 0 Å². The Kier molecular flexibility index (Phi) is 2.53. The van der Waals surface area contributed by atoms with Gasteiger partial charge in [-0.15, -0.1) is 5.10 Å². The van der Waals surface area contributed by atoms with Gasteiger partial charge in [-0.05, 0) is 5.56 Å².